The standard InChI is InChI=1S/C29H32ClN3O3/c1-3-4-17-31-28(35)20(2)33(19-22-10-5-6-14-24(22)30)26(34)16-9-18-32-25-15-8-12-21-11-7-13-23(27(21)25)29(32)36/h5-8,10-15,20H,3-4,9,16-19H2,1-2H3,(H,31,35)/t20-/m1/s1. The molecule has 1 aliphatic rings. The van der Waals surface area contributed by atoms with Crippen LogP contribution in [0, 0.1) is 0 Å². The molecular weight excluding hydrogens is 474 g/mol. The van der Waals surface area contributed by atoms with Crippen molar-refractivity contribution < 1.29 is 14.4 Å². The summed E-state index contributed by atoms with van der Waals surface area (Å²) in [5, 5.41) is 5.49. The van der Waals surface area contributed by atoms with Crippen LogP contribution in [-0.4, -0.2) is 41.8 Å². The Morgan fingerprint density at radius 1 is 1.03 bits per heavy atom. The van der Waals surface area contributed by atoms with E-state index in [4.69, 9.17) is 11.6 Å². The first kappa shape index (κ1) is 25.7. The molecule has 0 saturated heterocycles. The minimum Gasteiger partial charge on any atom is -0.354 e. The topological polar surface area (TPSA) is 69.7 Å². The second-order valence-corrected chi connectivity index (χ2v) is 9.58. The fourth-order valence-electron chi connectivity index (χ4n) is 4.66. The summed E-state index contributed by atoms with van der Waals surface area (Å²) in [6.07, 6.45) is 2.56. The second-order valence-electron chi connectivity index (χ2n) is 9.17. The predicted octanol–water partition coefficient (Wildman–Crippen LogP) is 5.57. The van der Waals surface area contributed by atoms with Gasteiger partial charge in [0.25, 0.3) is 5.91 Å². The minimum atomic E-state index is -0.642. The lowest BCUT2D eigenvalue weighted by Gasteiger charge is -2.29. The maximum Gasteiger partial charge on any atom is 0.258 e. The Kier molecular flexibility index (Phi) is 8.26. The summed E-state index contributed by atoms with van der Waals surface area (Å²) in [7, 11) is 0. The van der Waals surface area contributed by atoms with Crippen LogP contribution in [0.2, 0.25) is 5.02 Å². The van der Waals surface area contributed by atoms with Gasteiger partial charge in [-0.3, -0.25) is 14.4 Å². The van der Waals surface area contributed by atoms with Crippen molar-refractivity contribution in [2.45, 2.75) is 52.1 Å². The van der Waals surface area contributed by atoms with Crippen LogP contribution < -0.4 is 10.2 Å². The highest BCUT2D eigenvalue weighted by molar-refractivity contribution is 6.31. The number of nitrogens with zero attached hydrogens (tertiary/aromatic N) is 2. The molecule has 36 heavy (non-hydrogen) atoms. The molecule has 0 aliphatic carbocycles. The average molecular weight is 506 g/mol. The normalized spacial score (nSPS) is 13.2. The van der Waals surface area contributed by atoms with Crippen molar-refractivity contribution in [2.75, 3.05) is 18.0 Å². The average Bonchev–Trinajstić information content (AvgIpc) is 3.16. The molecule has 0 aromatic heterocycles. The van der Waals surface area contributed by atoms with Gasteiger partial charge in [-0.2, -0.15) is 0 Å². The Balaban J connectivity index is 1.45. The molecule has 3 amide bonds. The van der Waals surface area contributed by atoms with E-state index in [1.165, 1.54) is 0 Å². The number of rotatable bonds is 11. The number of carbonyl (C=O) groups is 3. The molecule has 3 aromatic rings. The summed E-state index contributed by atoms with van der Waals surface area (Å²) >= 11 is 6.37. The van der Waals surface area contributed by atoms with Crippen molar-refractivity contribution in [1.29, 1.82) is 0 Å². The van der Waals surface area contributed by atoms with Crippen LogP contribution >= 0.6 is 11.6 Å². The van der Waals surface area contributed by atoms with Gasteiger partial charge in [-0.1, -0.05) is 67.4 Å². The van der Waals surface area contributed by atoms with Crippen LogP contribution in [0.4, 0.5) is 5.69 Å². The molecule has 0 spiro atoms. The number of benzene rings is 3. The number of hydrogen-bond acceptors (Lipinski definition) is 3. The first-order valence-electron chi connectivity index (χ1n) is 12.6. The Hall–Kier alpha value is -3.38. The van der Waals surface area contributed by atoms with Gasteiger partial charge in [0.15, 0.2) is 0 Å². The summed E-state index contributed by atoms with van der Waals surface area (Å²) in [6.45, 7) is 5.06. The summed E-state index contributed by atoms with van der Waals surface area (Å²) in [6, 6.07) is 18.4. The Bertz CT molecular complexity index is 1270. The zero-order chi connectivity index (χ0) is 25.7. The maximum atomic E-state index is 13.4. The van der Waals surface area contributed by atoms with E-state index in [9.17, 15) is 14.4 Å². The van der Waals surface area contributed by atoms with E-state index < -0.39 is 6.04 Å². The van der Waals surface area contributed by atoms with Gasteiger partial charge in [0, 0.05) is 42.0 Å². The smallest absolute Gasteiger partial charge is 0.258 e. The van der Waals surface area contributed by atoms with Gasteiger partial charge in [0.2, 0.25) is 11.8 Å². The third kappa shape index (κ3) is 5.39. The molecule has 1 aliphatic heterocycles. The molecule has 1 heterocycles. The van der Waals surface area contributed by atoms with E-state index in [-0.39, 0.29) is 30.7 Å². The van der Waals surface area contributed by atoms with Gasteiger partial charge in [-0.05, 0) is 48.9 Å². The first-order chi connectivity index (χ1) is 17.4. The summed E-state index contributed by atoms with van der Waals surface area (Å²) in [5.74, 6) is -0.359. The molecule has 4 rings (SSSR count). The lowest BCUT2D eigenvalue weighted by atomic mass is 10.1. The number of carbonyl (C=O) groups excluding carboxylic acids is 3. The highest BCUT2D eigenvalue weighted by Crippen LogP contribution is 2.37. The molecule has 0 saturated carbocycles. The molecule has 0 radical (unpaired) electrons. The van der Waals surface area contributed by atoms with Crippen molar-refractivity contribution in [3.8, 4) is 0 Å². The molecule has 3 aromatic carbocycles. The van der Waals surface area contributed by atoms with Crippen LogP contribution in [0.3, 0.4) is 0 Å². The van der Waals surface area contributed by atoms with Crippen molar-refractivity contribution in [2.24, 2.45) is 0 Å². The molecule has 1 N–H and O–H groups in total. The van der Waals surface area contributed by atoms with Crippen molar-refractivity contribution >= 4 is 45.8 Å². The summed E-state index contributed by atoms with van der Waals surface area (Å²) in [4.78, 5) is 42.6. The number of amides is 3. The molecule has 188 valence electrons. The maximum absolute atomic E-state index is 13.4. The minimum absolute atomic E-state index is 0.0363. The lowest BCUT2D eigenvalue weighted by molar-refractivity contribution is -0.140. The van der Waals surface area contributed by atoms with E-state index in [0.717, 1.165) is 34.9 Å². The predicted molar refractivity (Wildman–Crippen MR) is 144 cm³/mol. The van der Waals surface area contributed by atoms with Crippen molar-refractivity contribution in [3.63, 3.8) is 0 Å². The van der Waals surface area contributed by atoms with Crippen LogP contribution in [0.1, 0.15) is 55.5 Å². The SMILES string of the molecule is CCCCNC(=O)[C@@H](C)N(Cc1ccccc1Cl)C(=O)CCCN1C(=O)c2cccc3cccc1c23. The summed E-state index contributed by atoms with van der Waals surface area (Å²) in [5.41, 5.74) is 2.38. The largest absolute Gasteiger partial charge is 0.354 e. The Labute approximate surface area is 217 Å². The second kappa shape index (κ2) is 11.6. The van der Waals surface area contributed by atoms with Crippen molar-refractivity contribution in [1.82, 2.24) is 10.2 Å². The third-order valence-electron chi connectivity index (χ3n) is 6.72. The molecule has 0 fully saturated rings. The zero-order valence-electron chi connectivity index (χ0n) is 20.8. The Morgan fingerprint density at radius 3 is 2.53 bits per heavy atom. The van der Waals surface area contributed by atoms with E-state index in [0.29, 0.717) is 30.1 Å². The van der Waals surface area contributed by atoms with Gasteiger partial charge in [-0.25, -0.2) is 0 Å². The molecule has 6 nitrogen and oxygen atoms in total. The monoisotopic (exact) mass is 505 g/mol. The van der Waals surface area contributed by atoms with Gasteiger partial charge >= 0.3 is 0 Å². The molecule has 0 unspecified atom stereocenters. The molecule has 1 atom stereocenters. The van der Waals surface area contributed by atoms with Crippen LogP contribution in [0.15, 0.2) is 60.7 Å². The van der Waals surface area contributed by atoms with E-state index in [1.54, 1.807) is 22.8 Å². The van der Waals surface area contributed by atoms with Gasteiger partial charge in [0.05, 0.1) is 5.69 Å². The van der Waals surface area contributed by atoms with Gasteiger partial charge in [-0.15, -0.1) is 0 Å². The Morgan fingerprint density at radius 2 is 1.78 bits per heavy atom. The molecular formula is C29H32ClN3O3. The lowest BCUT2D eigenvalue weighted by Crippen LogP contribution is -2.48. The highest BCUT2D eigenvalue weighted by atomic mass is 35.5. The van der Waals surface area contributed by atoms with Crippen LogP contribution in [0.5, 0.6) is 0 Å². The number of nitrogens with one attached hydrogen (secondary N) is 1. The number of unbranched alkanes of at least 4 members (excludes halogenated alkanes) is 1. The zero-order valence-corrected chi connectivity index (χ0v) is 21.6. The molecule has 7 heteroatoms. The fourth-order valence-corrected chi connectivity index (χ4v) is 4.86. The van der Waals surface area contributed by atoms with Crippen molar-refractivity contribution in [3.05, 3.63) is 76.8 Å². The first-order valence-corrected chi connectivity index (χ1v) is 12.9. The van der Waals surface area contributed by atoms with Crippen LogP contribution in [-0.2, 0) is 16.1 Å². The molecule has 0 bridgehead atoms. The van der Waals surface area contributed by atoms with E-state index in [2.05, 4.69) is 12.2 Å². The highest BCUT2D eigenvalue weighted by Gasteiger charge is 2.30. The van der Waals surface area contributed by atoms with Crippen LogP contribution in [0.25, 0.3) is 10.8 Å². The van der Waals surface area contributed by atoms with Gasteiger partial charge in [0.1, 0.15) is 6.04 Å². The quantitative estimate of drug-likeness (QED) is 0.346. The third-order valence-corrected chi connectivity index (χ3v) is 7.09. The number of anilines is 1. The van der Waals surface area contributed by atoms with E-state index >= 15 is 0 Å². The number of hydrogen-bond donors (Lipinski definition) is 1. The van der Waals surface area contributed by atoms with E-state index in [1.807, 2.05) is 54.6 Å². The fraction of sp³-hybridized carbons (Fsp3) is 0.345. The summed E-state index contributed by atoms with van der Waals surface area (Å²) < 4.78 is 0. The van der Waals surface area contributed by atoms with Gasteiger partial charge < -0.3 is 15.1 Å². The number of halogens is 1.